The van der Waals surface area contributed by atoms with Gasteiger partial charge in [-0.05, 0) is 78.1 Å². The molecule has 0 bridgehead atoms. The molecule has 0 unspecified atom stereocenters. The predicted octanol–water partition coefficient (Wildman–Crippen LogP) is 6.26. The Balaban J connectivity index is 1.81. The molecule has 0 aromatic heterocycles. The first-order valence-electron chi connectivity index (χ1n) is 15.1. The zero-order valence-electron chi connectivity index (χ0n) is 26.5. The van der Waals surface area contributed by atoms with E-state index in [1.54, 1.807) is 37.4 Å². The number of carbonyl (C=O) groups excluding carboxylic acids is 2. The summed E-state index contributed by atoms with van der Waals surface area (Å²) in [4.78, 5) is 29.9. The molecule has 4 rings (SSSR count). The first-order valence-corrected chi connectivity index (χ1v) is 16.9. The van der Waals surface area contributed by atoms with Gasteiger partial charge in [-0.15, -0.1) is 0 Å². The molecule has 46 heavy (non-hydrogen) atoms. The average molecular weight is 662 g/mol. The van der Waals surface area contributed by atoms with Crippen LogP contribution < -0.4 is 14.4 Å². The molecule has 242 valence electrons. The standard InChI is InChI=1S/C36H40ClN3O5S/c1-26(2)23-38-36(42)34(22-28-11-6-5-7-12-28)39(24-29-13-9-15-32(21-29)45-4)35(41)25-40(31-14-8-10-27(3)20-31)46(43,44)33-18-16-30(37)17-19-33/h5-21,26,34H,22-25H2,1-4H3,(H,38,42)/t34-/m1/s1. The van der Waals surface area contributed by atoms with Gasteiger partial charge in [-0.25, -0.2) is 8.42 Å². The summed E-state index contributed by atoms with van der Waals surface area (Å²) in [6.07, 6.45) is 0.231. The van der Waals surface area contributed by atoms with Gasteiger partial charge in [-0.2, -0.15) is 0 Å². The number of nitrogens with zero attached hydrogens (tertiary/aromatic N) is 2. The maximum atomic E-state index is 14.6. The van der Waals surface area contributed by atoms with Gasteiger partial charge in [0.05, 0.1) is 17.7 Å². The minimum atomic E-state index is -4.22. The van der Waals surface area contributed by atoms with Crippen molar-refractivity contribution in [2.24, 2.45) is 5.92 Å². The van der Waals surface area contributed by atoms with Crippen molar-refractivity contribution >= 4 is 39.1 Å². The molecule has 1 N–H and O–H groups in total. The molecule has 0 aliphatic carbocycles. The third-order valence-corrected chi connectivity index (χ3v) is 9.45. The number of anilines is 1. The first-order chi connectivity index (χ1) is 22.0. The number of hydrogen-bond donors (Lipinski definition) is 1. The van der Waals surface area contributed by atoms with Crippen molar-refractivity contribution in [2.45, 2.75) is 44.7 Å². The van der Waals surface area contributed by atoms with Gasteiger partial charge in [0.25, 0.3) is 10.0 Å². The van der Waals surface area contributed by atoms with Crippen molar-refractivity contribution < 1.29 is 22.7 Å². The third-order valence-electron chi connectivity index (χ3n) is 7.41. The van der Waals surface area contributed by atoms with E-state index < -0.39 is 28.5 Å². The van der Waals surface area contributed by atoms with Crippen LogP contribution in [0.2, 0.25) is 5.02 Å². The molecule has 1 atom stereocenters. The molecule has 2 amide bonds. The van der Waals surface area contributed by atoms with Gasteiger partial charge in [0.15, 0.2) is 0 Å². The summed E-state index contributed by atoms with van der Waals surface area (Å²) in [5, 5.41) is 3.38. The highest BCUT2D eigenvalue weighted by molar-refractivity contribution is 7.92. The quantitative estimate of drug-likeness (QED) is 0.172. The second-order valence-electron chi connectivity index (χ2n) is 11.5. The van der Waals surface area contributed by atoms with Crippen molar-refractivity contribution in [1.29, 1.82) is 0 Å². The summed E-state index contributed by atoms with van der Waals surface area (Å²) in [7, 11) is -2.66. The number of rotatable bonds is 14. The molecule has 0 heterocycles. The summed E-state index contributed by atoms with van der Waals surface area (Å²) in [5.41, 5.74) is 2.74. The normalized spacial score (nSPS) is 12.0. The van der Waals surface area contributed by atoms with E-state index in [1.807, 2.05) is 69.3 Å². The minimum absolute atomic E-state index is 0.0129. The molecule has 10 heteroatoms. The maximum Gasteiger partial charge on any atom is 0.264 e. The monoisotopic (exact) mass is 661 g/mol. The van der Waals surface area contributed by atoms with Gasteiger partial charge in [0.1, 0.15) is 18.3 Å². The number of amides is 2. The summed E-state index contributed by atoms with van der Waals surface area (Å²) in [6, 6.07) is 28.5. The summed E-state index contributed by atoms with van der Waals surface area (Å²) in [5.74, 6) is -0.0791. The van der Waals surface area contributed by atoms with Crippen molar-refractivity contribution in [1.82, 2.24) is 10.2 Å². The minimum Gasteiger partial charge on any atom is -0.497 e. The van der Waals surface area contributed by atoms with Crippen LogP contribution in [0.25, 0.3) is 0 Å². The Morgan fingerprint density at radius 3 is 2.20 bits per heavy atom. The smallest absolute Gasteiger partial charge is 0.264 e. The van der Waals surface area contributed by atoms with Gasteiger partial charge < -0.3 is 15.0 Å². The van der Waals surface area contributed by atoms with Crippen LogP contribution in [0.15, 0.2) is 108 Å². The number of halogens is 1. The number of nitrogens with one attached hydrogen (secondary N) is 1. The van der Waals surface area contributed by atoms with Crippen molar-refractivity contribution in [2.75, 3.05) is 24.5 Å². The molecule has 0 aliphatic heterocycles. The van der Waals surface area contributed by atoms with E-state index in [-0.39, 0.29) is 29.7 Å². The lowest BCUT2D eigenvalue weighted by Gasteiger charge is -2.34. The van der Waals surface area contributed by atoms with Crippen LogP contribution in [0.1, 0.15) is 30.5 Å². The fraction of sp³-hybridized carbons (Fsp3) is 0.278. The van der Waals surface area contributed by atoms with Crippen LogP contribution in [0.4, 0.5) is 5.69 Å². The van der Waals surface area contributed by atoms with Crippen LogP contribution >= 0.6 is 11.6 Å². The van der Waals surface area contributed by atoms with E-state index in [2.05, 4.69) is 5.32 Å². The van der Waals surface area contributed by atoms with Crippen LogP contribution in [0.3, 0.4) is 0 Å². The fourth-order valence-corrected chi connectivity index (χ4v) is 6.52. The predicted molar refractivity (Wildman–Crippen MR) is 182 cm³/mol. The molecule has 0 saturated heterocycles. The number of carbonyl (C=O) groups is 2. The second-order valence-corrected chi connectivity index (χ2v) is 13.8. The van der Waals surface area contributed by atoms with E-state index in [0.717, 1.165) is 21.0 Å². The zero-order chi connectivity index (χ0) is 33.3. The van der Waals surface area contributed by atoms with Crippen molar-refractivity contribution in [3.63, 3.8) is 0 Å². The SMILES string of the molecule is COc1cccc(CN(C(=O)CN(c2cccc(C)c2)S(=O)(=O)c2ccc(Cl)cc2)[C@H](Cc2ccccc2)C(=O)NCC(C)C)c1. The highest BCUT2D eigenvalue weighted by Gasteiger charge is 2.34. The molecule has 0 spiro atoms. The Hall–Kier alpha value is -4.34. The Kier molecular flexibility index (Phi) is 11.8. The average Bonchev–Trinajstić information content (AvgIpc) is 3.04. The highest BCUT2D eigenvalue weighted by atomic mass is 35.5. The molecule has 0 fully saturated rings. The van der Waals surface area contributed by atoms with E-state index in [4.69, 9.17) is 16.3 Å². The molecule has 0 saturated carbocycles. The number of sulfonamides is 1. The van der Waals surface area contributed by atoms with Crippen LogP contribution in [0, 0.1) is 12.8 Å². The Morgan fingerprint density at radius 2 is 1.54 bits per heavy atom. The van der Waals surface area contributed by atoms with Gasteiger partial charge in [-0.3, -0.25) is 13.9 Å². The number of aryl methyl sites for hydroxylation is 1. The summed E-state index contributed by atoms with van der Waals surface area (Å²) in [6.45, 7) is 5.76. The number of hydrogen-bond acceptors (Lipinski definition) is 5. The molecule has 0 radical (unpaired) electrons. The highest BCUT2D eigenvalue weighted by Crippen LogP contribution is 2.27. The molecule has 0 aliphatic rings. The van der Waals surface area contributed by atoms with E-state index >= 15 is 0 Å². The van der Waals surface area contributed by atoms with Crippen molar-refractivity contribution in [3.8, 4) is 5.75 Å². The number of benzene rings is 4. The first kappa shape index (κ1) is 34.5. The molecule has 8 nitrogen and oxygen atoms in total. The summed E-state index contributed by atoms with van der Waals surface area (Å²) >= 11 is 6.06. The van der Waals surface area contributed by atoms with Gasteiger partial charge >= 0.3 is 0 Å². The van der Waals surface area contributed by atoms with Gasteiger partial charge in [0, 0.05) is 24.5 Å². The maximum absolute atomic E-state index is 14.6. The molecule has 4 aromatic rings. The van der Waals surface area contributed by atoms with Crippen LogP contribution in [0.5, 0.6) is 5.75 Å². The number of methoxy groups -OCH3 is 1. The van der Waals surface area contributed by atoms with Crippen LogP contribution in [-0.4, -0.2) is 51.4 Å². The lowest BCUT2D eigenvalue weighted by atomic mass is 10.0. The van der Waals surface area contributed by atoms with E-state index in [9.17, 15) is 18.0 Å². The largest absolute Gasteiger partial charge is 0.497 e. The summed E-state index contributed by atoms with van der Waals surface area (Å²) < 4.78 is 34.8. The third kappa shape index (κ3) is 9.11. The van der Waals surface area contributed by atoms with E-state index in [0.29, 0.717) is 23.0 Å². The zero-order valence-corrected chi connectivity index (χ0v) is 28.1. The molecular weight excluding hydrogens is 622 g/mol. The van der Waals surface area contributed by atoms with Crippen LogP contribution in [-0.2, 0) is 32.6 Å². The lowest BCUT2D eigenvalue weighted by molar-refractivity contribution is -0.140. The van der Waals surface area contributed by atoms with Gasteiger partial charge in [0.2, 0.25) is 11.8 Å². The second kappa shape index (κ2) is 15.8. The Bertz CT molecular complexity index is 1730. The number of ether oxygens (including phenoxy) is 1. The van der Waals surface area contributed by atoms with Gasteiger partial charge in [-0.1, -0.05) is 80.0 Å². The molecular formula is C36H40ClN3O5S. The lowest BCUT2D eigenvalue weighted by Crippen LogP contribution is -2.53. The molecule has 4 aromatic carbocycles. The van der Waals surface area contributed by atoms with Crippen molar-refractivity contribution in [3.05, 3.63) is 125 Å². The Morgan fingerprint density at radius 1 is 0.870 bits per heavy atom. The fourth-order valence-electron chi connectivity index (χ4n) is 4.99. The Labute approximate surface area is 277 Å². The topological polar surface area (TPSA) is 96.0 Å². The van der Waals surface area contributed by atoms with E-state index in [1.165, 1.54) is 29.2 Å².